The van der Waals surface area contributed by atoms with E-state index in [9.17, 15) is 13.2 Å². The van der Waals surface area contributed by atoms with E-state index in [0.717, 1.165) is 5.56 Å². The molecule has 1 aromatic heterocycles. The number of sulfonamides is 1. The first kappa shape index (κ1) is 18.8. The zero-order valence-electron chi connectivity index (χ0n) is 14.4. The molecule has 0 atom stereocenters. The summed E-state index contributed by atoms with van der Waals surface area (Å²) in [6.07, 6.45) is 0. The van der Waals surface area contributed by atoms with Crippen LogP contribution in [0.2, 0.25) is 0 Å². The monoisotopic (exact) mass is 399 g/mol. The van der Waals surface area contributed by atoms with Gasteiger partial charge in [-0.05, 0) is 48.2 Å². The minimum atomic E-state index is -3.71. The van der Waals surface area contributed by atoms with Crippen molar-refractivity contribution in [3.8, 4) is 0 Å². The van der Waals surface area contributed by atoms with E-state index < -0.39 is 10.0 Å². The van der Waals surface area contributed by atoms with Crippen molar-refractivity contribution in [2.45, 2.75) is 11.8 Å². The van der Waals surface area contributed by atoms with Crippen molar-refractivity contribution in [3.05, 3.63) is 82.6 Å². The van der Waals surface area contributed by atoms with Crippen LogP contribution in [0.1, 0.15) is 22.2 Å². The third-order valence-corrected chi connectivity index (χ3v) is 5.79. The van der Waals surface area contributed by atoms with Gasteiger partial charge in [0, 0.05) is 5.69 Å². The maximum Gasteiger partial charge on any atom is 0.276 e. The molecular weight excluding hydrogens is 382 g/mol. The Labute approximate surface area is 161 Å². The van der Waals surface area contributed by atoms with Crippen molar-refractivity contribution in [1.29, 1.82) is 0 Å². The average Bonchev–Trinajstić information content (AvgIpc) is 3.22. The smallest absolute Gasteiger partial charge is 0.276 e. The van der Waals surface area contributed by atoms with E-state index in [0.29, 0.717) is 16.3 Å². The number of carbonyl (C=O) groups excluding carboxylic acids is 1. The molecule has 0 saturated carbocycles. The van der Waals surface area contributed by atoms with Gasteiger partial charge in [-0.3, -0.25) is 4.79 Å². The second-order valence-corrected chi connectivity index (χ2v) is 8.22. The van der Waals surface area contributed by atoms with E-state index in [1.807, 2.05) is 11.4 Å². The molecule has 138 valence electrons. The summed E-state index contributed by atoms with van der Waals surface area (Å²) in [6.45, 7) is 1.70. The summed E-state index contributed by atoms with van der Waals surface area (Å²) >= 11 is 1.37. The first-order chi connectivity index (χ1) is 13.0. The van der Waals surface area contributed by atoms with Crippen LogP contribution < -0.4 is 10.1 Å². The summed E-state index contributed by atoms with van der Waals surface area (Å²) in [6, 6.07) is 18.6. The SMILES string of the molecule is C/C(=N/NS(=O)(=O)c1ccccc1)c1ccc(NC(=O)c2cccs2)cc1. The highest BCUT2D eigenvalue weighted by molar-refractivity contribution is 7.89. The molecule has 0 unspecified atom stereocenters. The molecule has 0 saturated heterocycles. The Morgan fingerprint density at radius 1 is 0.963 bits per heavy atom. The molecular formula is C19H17N3O3S2. The van der Waals surface area contributed by atoms with Crippen LogP contribution in [0.3, 0.4) is 0 Å². The van der Waals surface area contributed by atoms with Gasteiger partial charge >= 0.3 is 0 Å². The number of amides is 1. The zero-order chi connectivity index (χ0) is 19.3. The van der Waals surface area contributed by atoms with E-state index in [2.05, 4.69) is 15.2 Å². The molecule has 0 spiro atoms. The lowest BCUT2D eigenvalue weighted by Gasteiger charge is -2.07. The summed E-state index contributed by atoms with van der Waals surface area (Å²) in [4.78, 5) is 15.0. The number of anilines is 1. The highest BCUT2D eigenvalue weighted by atomic mass is 32.2. The Balaban J connectivity index is 1.67. The van der Waals surface area contributed by atoms with Crippen LogP contribution in [-0.2, 0) is 10.0 Å². The van der Waals surface area contributed by atoms with Crippen LogP contribution in [0.5, 0.6) is 0 Å². The van der Waals surface area contributed by atoms with Gasteiger partial charge < -0.3 is 5.32 Å². The van der Waals surface area contributed by atoms with Gasteiger partial charge in [-0.25, -0.2) is 0 Å². The van der Waals surface area contributed by atoms with E-state index >= 15 is 0 Å². The molecule has 0 bridgehead atoms. The average molecular weight is 399 g/mol. The summed E-state index contributed by atoms with van der Waals surface area (Å²) in [5, 5.41) is 8.62. The molecule has 0 aliphatic rings. The highest BCUT2D eigenvalue weighted by Gasteiger charge is 2.12. The zero-order valence-corrected chi connectivity index (χ0v) is 16.0. The van der Waals surface area contributed by atoms with Gasteiger partial charge in [0.25, 0.3) is 15.9 Å². The predicted molar refractivity (Wildman–Crippen MR) is 108 cm³/mol. The fourth-order valence-corrected chi connectivity index (χ4v) is 3.74. The van der Waals surface area contributed by atoms with Gasteiger partial charge in [-0.15, -0.1) is 11.3 Å². The number of hydrogen-bond donors (Lipinski definition) is 2. The second kappa shape index (κ2) is 8.15. The van der Waals surface area contributed by atoms with Crippen LogP contribution in [0.15, 0.2) is 82.1 Å². The van der Waals surface area contributed by atoms with E-state index in [1.165, 1.54) is 23.5 Å². The fourth-order valence-electron chi connectivity index (χ4n) is 2.24. The number of nitrogens with zero attached hydrogens (tertiary/aromatic N) is 1. The molecule has 0 radical (unpaired) electrons. The Hall–Kier alpha value is -2.97. The molecule has 1 amide bonds. The van der Waals surface area contributed by atoms with Gasteiger partial charge in [0.1, 0.15) is 0 Å². The molecule has 6 nitrogen and oxygen atoms in total. The maximum atomic E-state index is 12.2. The Kier molecular flexibility index (Phi) is 5.68. The molecule has 27 heavy (non-hydrogen) atoms. The van der Waals surface area contributed by atoms with E-state index in [1.54, 1.807) is 55.5 Å². The minimum Gasteiger partial charge on any atom is -0.321 e. The van der Waals surface area contributed by atoms with E-state index in [4.69, 9.17) is 0 Å². The molecule has 3 rings (SSSR count). The highest BCUT2D eigenvalue weighted by Crippen LogP contribution is 2.15. The largest absolute Gasteiger partial charge is 0.321 e. The molecule has 0 aliphatic heterocycles. The molecule has 3 aromatic rings. The summed E-state index contributed by atoms with van der Waals surface area (Å²) in [5.74, 6) is -0.168. The second-order valence-electron chi connectivity index (χ2n) is 5.61. The first-order valence-corrected chi connectivity index (χ1v) is 10.4. The van der Waals surface area contributed by atoms with Crippen LogP contribution in [0.25, 0.3) is 0 Å². The van der Waals surface area contributed by atoms with Crippen molar-refractivity contribution in [1.82, 2.24) is 4.83 Å². The summed E-state index contributed by atoms with van der Waals surface area (Å²) in [7, 11) is -3.71. The molecule has 0 aliphatic carbocycles. The van der Waals surface area contributed by atoms with Crippen molar-refractivity contribution >= 4 is 38.7 Å². The Bertz CT molecular complexity index is 1040. The quantitative estimate of drug-likeness (QED) is 0.489. The van der Waals surface area contributed by atoms with E-state index in [-0.39, 0.29) is 10.8 Å². The van der Waals surface area contributed by atoms with Crippen LogP contribution in [0.4, 0.5) is 5.69 Å². The van der Waals surface area contributed by atoms with Crippen molar-refractivity contribution in [2.24, 2.45) is 5.10 Å². The number of thiophene rings is 1. The fraction of sp³-hybridized carbons (Fsp3) is 0.0526. The number of hydrogen-bond acceptors (Lipinski definition) is 5. The lowest BCUT2D eigenvalue weighted by molar-refractivity contribution is 0.103. The molecule has 0 fully saturated rings. The van der Waals surface area contributed by atoms with Crippen molar-refractivity contribution < 1.29 is 13.2 Å². The minimum absolute atomic E-state index is 0.146. The lowest BCUT2D eigenvalue weighted by atomic mass is 10.1. The number of nitrogens with one attached hydrogen (secondary N) is 2. The van der Waals surface area contributed by atoms with Crippen LogP contribution >= 0.6 is 11.3 Å². The van der Waals surface area contributed by atoms with Gasteiger partial charge in [0.2, 0.25) is 0 Å². The molecule has 2 N–H and O–H groups in total. The molecule has 8 heteroatoms. The third-order valence-electron chi connectivity index (χ3n) is 3.69. The number of hydrazone groups is 1. The molecule has 2 aromatic carbocycles. The van der Waals surface area contributed by atoms with Gasteiger partial charge in [-0.1, -0.05) is 36.4 Å². The van der Waals surface area contributed by atoms with Crippen molar-refractivity contribution in [3.63, 3.8) is 0 Å². The van der Waals surface area contributed by atoms with Crippen molar-refractivity contribution in [2.75, 3.05) is 5.32 Å². The van der Waals surface area contributed by atoms with Gasteiger partial charge in [-0.2, -0.15) is 18.4 Å². The standard InChI is InChI=1S/C19H17N3O3S2/c1-14(21-22-27(24,25)17-6-3-2-4-7-17)15-9-11-16(12-10-15)20-19(23)18-8-5-13-26-18/h2-13,22H,1H3,(H,20,23)/b21-14-. The normalized spacial score (nSPS) is 11.8. The molecule has 1 heterocycles. The van der Waals surface area contributed by atoms with Gasteiger partial charge in [0.05, 0.1) is 15.5 Å². The number of rotatable bonds is 6. The Morgan fingerprint density at radius 2 is 1.67 bits per heavy atom. The lowest BCUT2D eigenvalue weighted by Crippen LogP contribution is -2.19. The topological polar surface area (TPSA) is 87.6 Å². The summed E-state index contributed by atoms with van der Waals surface area (Å²) in [5.41, 5.74) is 1.89. The number of benzene rings is 2. The first-order valence-electron chi connectivity index (χ1n) is 8.02. The third kappa shape index (κ3) is 4.81. The van der Waals surface area contributed by atoms with Gasteiger partial charge in [0.15, 0.2) is 0 Å². The van der Waals surface area contributed by atoms with Crippen LogP contribution in [-0.4, -0.2) is 20.0 Å². The predicted octanol–water partition coefficient (Wildman–Crippen LogP) is 3.70. The Morgan fingerprint density at radius 3 is 2.30 bits per heavy atom. The maximum absolute atomic E-state index is 12.2. The summed E-state index contributed by atoms with van der Waals surface area (Å²) < 4.78 is 24.4. The van der Waals surface area contributed by atoms with Crippen LogP contribution in [0, 0.1) is 0 Å². The number of carbonyl (C=O) groups is 1.